The van der Waals surface area contributed by atoms with Gasteiger partial charge in [-0.15, -0.1) is 11.3 Å². The van der Waals surface area contributed by atoms with Crippen LogP contribution < -0.4 is 5.32 Å². The van der Waals surface area contributed by atoms with Crippen molar-refractivity contribution in [2.24, 2.45) is 0 Å². The highest BCUT2D eigenvalue weighted by Gasteiger charge is 2.31. The fourth-order valence-electron chi connectivity index (χ4n) is 3.37. The molecule has 1 aromatic heterocycles. The number of benzene rings is 2. The highest BCUT2D eigenvalue weighted by Crippen LogP contribution is 2.25. The Morgan fingerprint density at radius 2 is 1.97 bits per heavy atom. The van der Waals surface area contributed by atoms with E-state index in [0.29, 0.717) is 17.1 Å². The summed E-state index contributed by atoms with van der Waals surface area (Å²) in [5.74, 6) is -0.803. The summed E-state index contributed by atoms with van der Waals surface area (Å²) in [5.41, 5.74) is 4.88. The second-order valence-electron chi connectivity index (χ2n) is 7.23. The van der Waals surface area contributed by atoms with Crippen molar-refractivity contribution in [3.05, 3.63) is 81.4 Å². The van der Waals surface area contributed by atoms with Crippen molar-refractivity contribution in [1.29, 1.82) is 0 Å². The standard InChI is InChI=1S/C23H22N2O3S/c1-3-15-5-7-16(8-6-15)11-18-13-24-23(29-18)25-21(26)20-12-17-9-4-14(2)10-19(17)22(27)28-20/h4-10,13,20H,3,11-12H2,1-2H3,(H,24,25,26)/t20-/m0/s1. The van der Waals surface area contributed by atoms with Crippen molar-refractivity contribution in [3.8, 4) is 0 Å². The minimum absolute atomic E-state index is 0.349. The second kappa shape index (κ2) is 8.17. The lowest BCUT2D eigenvalue weighted by atomic mass is 9.96. The van der Waals surface area contributed by atoms with Crippen LogP contribution >= 0.6 is 11.3 Å². The molecule has 0 saturated heterocycles. The van der Waals surface area contributed by atoms with E-state index in [0.717, 1.165) is 28.8 Å². The summed E-state index contributed by atoms with van der Waals surface area (Å²) in [7, 11) is 0. The lowest BCUT2D eigenvalue weighted by molar-refractivity contribution is -0.125. The molecule has 1 amide bonds. The molecule has 0 spiro atoms. The zero-order chi connectivity index (χ0) is 20.4. The first-order chi connectivity index (χ1) is 14.0. The molecule has 0 aliphatic carbocycles. The van der Waals surface area contributed by atoms with Crippen LogP contribution in [0.5, 0.6) is 0 Å². The fourth-order valence-corrected chi connectivity index (χ4v) is 4.22. The van der Waals surface area contributed by atoms with E-state index >= 15 is 0 Å². The number of carbonyl (C=O) groups excluding carboxylic acids is 2. The van der Waals surface area contributed by atoms with Gasteiger partial charge in [0.2, 0.25) is 0 Å². The fraction of sp³-hybridized carbons (Fsp3) is 0.261. The number of cyclic esters (lactones) is 1. The number of aromatic nitrogens is 1. The van der Waals surface area contributed by atoms with Crippen molar-refractivity contribution in [1.82, 2.24) is 4.98 Å². The van der Waals surface area contributed by atoms with E-state index in [1.165, 1.54) is 22.5 Å². The molecule has 0 unspecified atom stereocenters. The van der Waals surface area contributed by atoms with E-state index in [-0.39, 0.29) is 5.91 Å². The Hall–Kier alpha value is -2.99. The number of carbonyl (C=O) groups is 2. The van der Waals surface area contributed by atoms with Crippen LogP contribution in [0.3, 0.4) is 0 Å². The summed E-state index contributed by atoms with van der Waals surface area (Å²) in [6, 6.07) is 14.1. The maximum absolute atomic E-state index is 12.6. The SMILES string of the molecule is CCc1ccc(Cc2cnc(NC(=O)[C@@H]3Cc4ccc(C)cc4C(=O)O3)s2)cc1. The number of nitrogens with one attached hydrogen (secondary N) is 1. The Labute approximate surface area is 173 Å². The number of ether oxygens (including phenoxy) is 1. The number of rotatable bonds is 5. The summed E-state index contributed by atoms with van der Waals surface area (Å²) in [4.78, 5) is 30.2. The van der Waals surface area contributed by atoms with Gasteiger partial charge >= 0.3 is 5.97 Å². The van der Waals surface area contributed by atoms with Gasteiger partial charge in [-0.3, -0.25) is 10.1 Å². The van der Waals surface area contributed by atoms with E-state index in [9.17, 15) is 9.59 Å². The average Bonchev–Trinajstić information content (AvgIpc) is 3.15. The lowest BCUT2D eigenvalue weighted by Crippen LogP contribution is -2.38. The van der Waals surface area contributed by atoms with Gasteiger partial charge in [-0.2, -0.15) is 0 Å². The lowest BCUT2D eigenvalue weighted by Gasteiger charge is -2.23. The van der Waals surface area contributed by atoms with E-state index in [4.69, 9.17) is 4.74 Å². The van der Waals surface area contributed by atoms with Crippen molar-refractivity contribution >= 4 is 28.3 Å². The van der Waals surface area contributed by atoms with Gasteiger partial charge in [-0.25, -0.2) is 9.78 Å². The topological polar surface area (TPSA) is 68.3 Å². The first-order valence-electron chi connectivity index (χ1n) is 9.65. The van der Waals surface area contributed by atoms with Crippen LogP contribution in [0.1, 0.15) is 44.4 Å². The summed E-state index contributed by atoms with van der Waals surface area (Å²) in [6.07, 6.45) is 3.09. The van der Waals surface area contributed by atoms with Crippen molar-refractivity contribution < 1.29 is 14.3 Å². The zero-order valence-electron chi connectivity index (χ0n) is 16.4. The molecule has 6 heteroatoms. The molecule has 29 heavy (non-hydrogen) atoms. The van der Waals surface area contributed by atoms with Gasteiger partial charge in [0.15, 0.2) is 11.2 Å². The van der Waals surface area contributed by atoms with E-state index in [1.54, 1.807) is 12.3 Å². The number of amides is 1. The van der Waals surface area contributed by atoms with Crippen LogP contribution in [-0.4, -0.2) is 23.0 Å². The number of esters is 1. The molecule has 1 aliphatic heterocycles. The zero-order valence-corrected chi connectivity index (χ0v) is 17.2. The predicted octanol–water partition coefficient (Wildman–Crippen LogP) is 4.32. The molecule has 0 radical (unpaired) electrons. The normalized spacial score (nSPS) is 15.5. The molecule has 2 aromatic carbocycles. The maximum Gasteiger partial charge on any atom is 0.339 e. The first kappa shape index (κ1) is 19.3. The van der Waals surface area contributed by atoms with Gasteiger partial charge in [-0.1, -0.05) is 48.9 Å². The van der Waals surface area contributed by atoms with Gasteiger partial charge < -0.3 is 4.74 Å². The van der Waals surface area contributed by atoms with Crippen LogP contribution in [-0.2, 0) is 28.8 Å². The largest absolute Gasteiger partial charge is 0.448 e. The average molecular weight is 407 g/mol. The smallest absolute Gasteiger partial charge is 0.339 e. The number of thiazole rings is 1. The number of nitrogens with zero attached hydrogens (tertiary/aromatic N) is 1. The van der Waals surface area contributed by atoms with Crippen molar-refractivity contribution in [3.63, 3.8) is 0 Å². The highest BCUT2D eigenvalue weighted by atomic mass is 32.1. The minimum Gasteiger partial charge on any atom is -0.448 e. The molecule has 0 fully saturated rings. The van der Waals surface area contributed by atoms with Crippen LogP contribution in [0, 0.1) is 6.92 Å². The van der Waals surface area contributed by atoms with Crippen LogP contribution in [0.25, 0.3) is 0 Å². The molecule has 1 atom stereocenters. The number of hydrogen-bond acceptors (Lipinski definition) is 5. The van der Waals surface area contributed by atoms with E-state index in [1.807, 2.05) is 19.1 Å². The Balaban J connectivity index is 1.40. The molecule has 5 nitrogen and oxygen atoms in total. The minimum atomic E-state index is -0.841. The molecule has 2 heterocycles. The number of hydrogen-bond donors (Lipinski definition) is 1. The summed E-state index contributed by atoms with van der Waals surface area (Å²) < 4.78 is 5.35. The second-order valence-corrected chi connectivity index (χ2v) is 8.34. The van der Waals surface area contributed by atoms with Crippen LogP contribution in [0.4, 0.5) is 5.13 Å². The Bertz CT molecular complexity index is 1060. The Morgan fingerprint density at radius 1 is 1.21 bits per heavy atom. The predicted molar refractivity (Wildman–Crippen MR) is 113 cm³/mol. The van der Waals surface area contributed by atoms with Crippen molar-refractivity contribution in [2.45, 2.75) is 39.2 Å². The Kier molecular flexibility index (Phi) is 5.45. The van der Waals surface area contributed by atoms with Gasteiger partial charge in [0.25, 0.3) is 5.91 Å². The molecule has 0 bridgehead atoms. The van der Waals surface area contributed by atoms with Gasteiger partial charge in [-0.05, 0) is 36.1 Å². The van der Waals surface area contributed by atoms with Crippen LogP contribution in [0.2, 0.25) is 0 Å². The summed E-state index contributed by atoms with van der Waals surface area (Å²) in [5, 5.41) is 3.30. The van der Waals surface area contributed by atoms with Crippen molar-refractivity contribution in [2.75, 3.05) is 5.32 Å². The molecule has 0 saturated carbocycles. The van der Waals surface area contributed by atoms with E-state index < -0.39 is 12.1 Å². The van der Waals surface area contributed by atoms with Crippen LogP contribution in [0.15, 0.2) is 48.7 Å². The number of anilines is 1. The third kappa shape index (κ3) is 4.38. The van der Waals surface area contributed by atoms with Gasteiger partial charge in [0, 0.05) is 23.9 Å². The molecular formula is C23H22N2O3S. The third-order valence-corrected chi connectivity index (χ3v) is 5.94. The number of aryl methyl sites for hydroxylation is 2. The third-order valence-electron chi connectivity index (χ3n) is 5.03. The maximum atomic E-state index is 12.6. The molecule has 1 N–H and O–H groups in total. The highest BCUT2D eigenvalue weighted by molar-refractivity contribution is 7.15. The summed E-state index contributed by atoms with van der Waals surface area (Å²) in [6.45, 7) is 4.06. The quantitative estimate of drug-likeness (QED) is 0.641. The number of fused-ring (bicyclic) bond motifs is 1. The van der Waals surface area contributed by atoms with E-state index in [2.05, 4.69) is 41.5 Å². The molecular weight excluding hydrogens is 384 g/mol. The Morgan fingerprint density at radius 3 is 2.72 bits per heavy atom. The first-order valence-corrected chi connectivity index (χ1v) is 10.5. The molecule has 148 valence electrons. The molecule has 4 rings (SSSR count). The van der Waals surface area contributed by atoms with Gasteiger partial charge in [0.05, 0.1) is 5.56 Å². The summed E-state index contributed by atoms with van der Waals surface area (Å²) >= 11 is 1.43. The molecule has 3 aromatic rings. The monoisotopic (exact) mass is 406 g/mol. The van der Waals surface area contributed by atoms with Gasteiger partial charge in [0.1, 0.15) is 0 Å². The molecule has 1 aliphatic rings.